The number of hydrogen-bond donors (Lipinski definition) is 2. The Bertz CT molecular complexity index is 109. The van der Waals surface area contributed by atoms with Gasteiger partial charge in [0.25, 0.3) is 0 Å². The molecule has 1 aliphatic rings. The quantitative estimate of drug-likeness (QED) is 0.545. The van der Waals surface area contributed by atoms with E-state index >= 15 is 0 Å². The highest BCUT2D eigenvalue weighted by molar-refractivity contribution is 4.73. The van der Waals surface area contributed by atoms with Gasteiger partial charge in [0.1, 0.15) is 12.8 Å². The van der Waals surface area contributed by atoms with E-state index in [1.165, 1.54) is 0 Å². The number of hydrogen-bond acceptors (Lipinski definition) is 3. The van der Waals surface area contributed by atoms with Gasteiger partial charge >= 0.3 is 0 Å². The summed E-state index contributed by atoms with van der Waals surface area (Å²) in [6.07, 6.45) is -1.69. The second-order valence-electron chi connectivity index (χ2n) is 2.43. The minimum atomic E-state index is -0.899. The van der Waals surface area contributed by atoms with Crippen LogP contribution in [-0.4, -0.2) is 35.4 Å². The summed E-state index contributed by atoms with van der Waals surface area (Å²) in [5.41, 5.74) is 0. The van der Waals surface area contributed by atoms with Crippen LogP contribution in [0, 0.1) is 0 Å². The molecule has 0 aliphatic carbocycles. The first-order valence-corrected chi connectivity index (χ1v) is 3.31. The van der Waals surface area contributed by atoms with Crippen molar-refractivity contribution in [1.29, 1.82) is 0 Å². The predicted octanol–water partition coefficient (Wildman–Crippen LogP) is -0.186. The molecular formula is C6H11FO3. The molecule has 1 aliphatic heterocycles. The fourth-order valence-corrected chi connectivity index (χ4v) is 0.999. The van der Waals surface area contributed by atoms with E-state index in [2.05, 4.69) is 4.74 Å². The molecule has 0 saturated carbocycles. The zero-order valence-electron chi connectivity index (χ0n) is 5.53. The molecule has 2 N–H and O–H groups in total. The van der Waals surface area contributed by atoms with Gasteiger partial charge in [-0.2, -0.15) is 0 Å². The summed E-state index contributed by atoms with van der Waals surface area (Å²) in [5, 5.41) is 17.8. The Kier molecular flexibility index (Phi) is 2.59. The number of aliphatic hydroxyl groups is 2. The molecule has 1 rings (SSSR count). The molecule has 1 heterocycles. The largest absolute Gasteiger partial charge is 0.390 e. The molecule has 1 saturated heterocycles. The summed E-state index contributed by atoms with van der Waals surface area (Å²) in [6, 6.07) is 0. The van der Waals surface area contributed by atoms with Crippen LogP contribution >= 0.6 is 0 Å². The summed E-state index contributed by atoms with van der Waals surface area (Å²) in [7, 11) is 0. The third-order valence-electron chi connectivity index (χ3n) is 1.62. The molecule has 0 aromatic rings. The standard InChI is InChI=1S/C6H11FO3/c7-3-5-4(8)1-2-6(9)10-5/h4-6,8-9H,1-3H2/t4-,5-,6-/m1/s1. The smallest absolute Gasteiger partial charge is 0.155 e. The Hall–Kier alpha value is -0.190. The predicted molar refractivity (Wildman–Crippen MR) is 32.1 cm³/mol. The SMILES string of the molecule is O[C@@H]1CC[C@H](O)O[C@@H]1CF. The molecule has 0 aromatic carbocycles. The zero-order valence-corrected chi connectivity index (χ0v) is 5.53. The second-order valence-corrected chi connectivity index (χ2v) is 2.43. The van der Waals surface area contributed by atoms with Crippen molar-refractivity contribution in [3.05, 3.63) is 0 Å². The first kappa shape index (κ1) is 7.91. The fourth-order valence-electron chi connectivity index (χ4n) is 0.999. The molecule has 60 valence electrons. The molecule has 0 aromatic heterocycles. The Morgan fingerprint density at radius 2 is 2.10 bits per heavy atom. The molecule has 0 radical (unpaired) electrons. The van der Waals surface area contributed by atoms with Crippen LogP contribution in [0.1, 0.15) is 12.8 Å². The van der Waals surface area contributed by atoms with Crippen LogP contribution in [0.15, 0.2) is 0 Å². The summed E-state index contributed by atoms with van der Waals surface area (Å²) in [6.45, 7) is -0.738. The Balaban J connectivity index is 2.38. The van der Waals surface area contributed by atoms with Crippen molar-refractivity contribution in [2.45, 2.75) is 31.3 Å². The number of rotatable bonds is 1. The Morgan fingerprint density at radius 1 is 1.40 bits per heavy atom. The maximum Gasteiger partial charge on any atom is 0.155 e. The number of halogens is 1. The average molecular weight is 150 g/mol. The van der Waals surface area contributed by atoms with E-state index in [-0.39, 0.29) is 0 Å². The van der Waals surface area contributed by atoms with E-state index in [1.807, 2.05) is 0 Å². The van der Waals surface area contributed by atoms with Crippen molar-refractivity contribution >= 4 is 0 Å². The molecular weight excluding hydrogens is 139 g/mol. The van der Waals surface area contributed by atoms with Gasteiger partial charge in [-0.05, 0) is 6.42 Å². The van der Waals surface area contributed by atoms with Crippen molar-refractivity contribution in [2.24, 2.45) is 0 Å². The highest BCUT2D eigenvalue weighted by Gasteiger charge is 2.28. The van der Waals surface area contributed by atoms with Crippen LogP contribution in [0.25, 0.3) is 0 Å². The highest BCUT2D eigenvalue weighted by Crippen LogP contribution is 2.17. The van der Waals surface area contributed by atoms with Gasteiger partial charge in [0.05, 0.1) is 6.10 Å². The van der Waals surface area contributed by atoms with Gasteiger partial charge in [0, 0.05) is 6.42 Å². The van der Waals surface area contributed by atoms with Crippen LogP contribution in [0.4, 0.5) is 4.39 Å². The highest BCUT2D eigenvalue weighted by atomic mass is 19.1. The van der Waals surface area contributed by atoms with Gasteiger partial charge in [0.2, 0.25) is 0 Å². The Labute approximate surface area is 58.4 Å². The second kappa shape index (κ2) is 3.27. The van der Waals surface area contributed by atoms with Gasteiger partial charge in [-0.25, -0.2) is 4.39 Å². The van der Waals surface area contributed by atoms with Gasteiger partial charge in [-0.3, -0.25) is 0 Å². The van der Waals surface area contributed by atoms with Gasteiger partial charge in [-0.1, -0.05) is 0 Å². The molecule has 1 fully saturated rings. The number of alkyl halides is 1. The van der Waals surface area contributed by atoms with E-state index in [9.17, 15) is 4.39 Å². The van der Waals surface area contributed by atoms with E-state index in [1.54, 1.807) is 0 Å². The monoisotopic (exact) mass is 150 g/mol. The lowest BCUT2D eigenvalue weighted by Crippen LogP contribution is -2.40. The minimum absolute atomic E-state index is 0.387. The van der Waals surface area contributed by atoms with Gasteiger partial charge in [-0.15, -0.1) is 0 Å². The first-order valence-electron chi connectivity index (χ1n) is 3.31. The van der Waals surface area contributed by atoms with Crippen molar-refractivity contribution in [3.63, 3.8) is 0 Å². The molecule has 3 nitrogen and oxygen atoms in total. The third kappa shape index (κ3) is 1.65. The van der Waals surface area contributed by atoms with Crippen LogP contribution < -0.4 is 0 Å². The van der Waals surface area contributed by atoms with Crippen molar-refractivity contribution < 1.29 is 19.3 Å². The van der Waals surface area contributed by atoms with E-state index in [4.69, 9.17) is 10.2 Å². The van der Waals surface area contributed by atoms with Crippen LogP contribution in [-0.2, 0) is 4.74 Å². The lowest BCUT2D eigenvalue weighted by molar-refractivity contribution is -0.202. The summed E-state index contributed by atoms with van der Waals surface area (Å²) < 4.78 is 16.6. The fraction of sp³-hybridized carbons (Fsp3) is 1.00. The molecule has 0 amide bonds. The maximum absolute atomic E-state index is 11.9. The van der Waals surface area contributed by atoms with Crippen molar-refractivity contribution in [2.75, 3.05) is 6.67 Å². The van der Waals surface area contributed by atoms with E-state index in [0.717, 1.165) is 0 Å². The minimum Gasteiger partial charge on any atom is -0.390 e. The van der Waals surface area contributed by atoms with Gasteiger partial charge in [0.15, 0.2) is 6.29 Å². The average Bonchev–Trinajstić information content (AvgIpc) is 1.94. The van der Waals surface area contributed by atoms with E-state index in [0.29, 0.717) is 12.8 Å². The number of ether oxygens (including phenoxy) is 1. The van der Waals surface area contributed by atoms with Crippen molar-refractivity contribution in [1.82, 2.24) is 0 Å². The molecule has 10 heavy (non-hydrogen) atoms. The van der Waals surface area contributed by atoms with Crippen LogP contribution in [0.5, 0.6) is 0 Å². The van der Waals surface area contributed by atoms with Crippen molar-refractivity contribution in [3.8, 4) is 0 Å². The first-order chi connectivity index (χ1) is 4.74. The zero-order chi connectivity index (χ0) is 7.56. The Morgan fingerprint density at radius 3 is 2.60 bits per heavy atom. The van der Waals surface area contributed by atoms with E-state index < -0.39 is 25.2 Å². The molecule has 4 heteroatoms. The lowest BCUT2D eigenvalue weighted by Gasteiger charge is -2.29. The van der Waals surface area contributed by atoms with Crippen LogP contribution in [0.3, 0.4) is 0 Å². The summed E-state index contributed by atoms with van der Waals surface area (Å²) in [5.74, 6) is 0. The summed E-state index contributed by atoms with van der Waals surface area (Å²) in [4.78, 5) is 0. The topological polar surface area (TPSA) is 49.7 Å². The van der Waals surface area contributed by atoms with Crippen LogP contribution in [0.2, 0.25) is 0 Å². The third-order valence-corrected chi connectivity index (χ3v) is 1.62. The molecule has 0 unspecified atom stereocenters. The molecule has 0 bridgehead atoms. The number of aliphatic hydroxyl groups excluding tert-OH is 2. The molecule has 3 atom stereocenters. The van der Waals surface area contributed by atoms with Gasteiger partial charge < -0.3 is 14.9 Å². The normalized spacial score (nSPS) is 41.7. The lowest BCUT2D eigenvalue weighted by atomic mass is 10.1. The molecule has 0 spiro atoms. The summed E-state index contributed by atoms with van der Waals surface area (Å²) >= 11 is 0. The maximum atomic E-state index is 11.9.